The van der Waals surface area contributed by atoms with Crippen LogP contribution in [0.25, 0.3) is 16.7 Å². The number of rotatable bonds is 7. The number of nitrogens with zero attached hydrogens (tertiary/aromatic N) is 4. The third kappa shape index (κ3) is 5.25. The van der Waals surface area contributed by atoms with Gasteiger partial charge in [0.25, 0.3) is 11.1 Å². The Bertz CT molecular complexity index is 1850. The van der Waals surface area contributed by atoms with Crippen LogP contribution in [-0.4, -0.2) is 29.2 Å². The number of carbonyl (C=O) groups is 1. The molecule has 40 heavy (non-hydrogen) atoms. The van der Waals surface area contributed by atoms with Crippen LogP contribution in [0.3, 0.4) is 0 Å². The Labute approximate surface area is 229 Å². The normalized spacial score (nSPS) is 11.3. The summed E-state index contributed by atoms with van der Waals surface area (Å²) in [5, 5.41) is 3.90. The van der Waals surface area contributed by atoms with E-state index < -0.39 is 11.1 Å². The fourth-order valence-electron chi connectivity index (χ4n) is 4.34. The summed E-state index contributed by atoms with van der Waals surface area (Å²) >= 11 is 0. The topological polar surface area (TPSA) is 97.9 Å². The van der Waals surface area contributed by atoms with Gasteiger partial charge in [-0.1, -0.05) is 48.5 Å². The second-order valence-corrected chi connectivity index (χ2v) is 8.95. The zero-order valence-electron chi connectivity index (χ0n) is 22.0. The van der Waals surface area contributed by atoms with Crippen molar-refractivity contribution in [2.45, 2.75) is 6.54 Å². The van der Waals surface area contributed by atoms with Crippen molar-refractivity contribution in [2.24, 2.45) is 5.10 Å². The van der Waals surface area contributed by atoms with E-state index in [0.717, 1.165) is 0 Å². The van der Waals surface area contributed by atoms with Crippen LogP contribution in [0.4, 0.5) is 11.4 Å². The maximum atomic E-state index is 14.0. The van der Waals surface area contributed by atoms with Crippen LogP contribution in [0, 0.1) is 0 Å². The second kappa shape index (κ2) is 11.5. The van der Waals surface area contributed by atoms with Gasteiger partial charge in [-0.2, -0.15) is 5.10 Å². The Hall–Kier alpha value is -5.44. The van der Waals surface area contributed by atoms with Gasteiger partial charge in [0.2, 0.25) is 11.3 Å². The van der Waals surface area contributed by atoms with E-state index >= 15 is 0 Å². The lowest BCUT2D eigenvalue weighted by molar-refractivity contribution is -0.118. The lowest BCUT2D eigenvalue weighted by Gasteiger charge is -2.18. The molecular weight excluding hydrogens is 506 g/mol. The molecule has 0 radical (unpaired) electrons. The van der Waals surface area contributed by atoms with Gasteiger partial charge in [0, 0.05) is 18.4 Å². The van der Waals surface area contributed by atoms with E-state index in [1.807, 2.05) is 36.4 Å². The van der Waals surface area contributed by atoms with Gasteiger partial charge >= 0.3 is 0 Å². The van der Waals surface area contributed by atoms with Crippen LogP contribution < -0.4 is 31.5 Å². The number of hydrogen-bond donors (Lipinski definition) is 1. The van der Waals surface area contributed by atoms with Crippen LogP contribution in [0.5, 0.6) is 5.75 Å². The average molecular weight is 534 g/mol. The Balaban J connectivity index is 1.73. The average Bonchev–Trinajstić information content (AvgIpc) is 3.08. The highest BCUT2D eigenvalue weighted by Gasteiger charge is 2.18. The van der Waals surface area contributed by atoms with E-state index in [2.05, 4.69) is 10.5 Å². The molecule has 0 unspecified atom stereocenters. The molecule has 0 aliphatic carbocycles. The van der Waals surface area contributed by atoms with E-state index in [4.69, 9.17) is 4.74 Å². The van der Waals surface area contributed by atoms with Crippen LogP contribution in [0.15, 0.2) is 124 Å². The quantitative estimate of drug-likeness (QED) is 0.322. The summed E-state index contributed by atoms with van der Waals surface area (Å²) in [7, 11) is 3.20. The Morgan fingerprint density at radius 1 is 0.800 bits per heavy atom. The standard InChI is InChI=1S/C31H27N5O4/c1-34(23-17-19-25(40-2)20-18-23)28(37)21-35-26-15-9-10-16-27(26)36(24-13-7-4-8-14-24)31(39)29(30(35)38)33-32-22-11-5-3-6-12-22/h3-20,32H,21H2,1-2H3/b33-29+. The van der Waals surface area contributed by atoms with Crippen molar-refractivity contribution in [3.05, 3.63) is 135 Å². The van der Waals surface area contributed by atoms with Gasteiger partial charge in [0.15, 0.2) is 0 Å². The maximum Gasteiger partial charge on any atom is 0.289 e. The second-order valence-electron chi connectivity index (χ2n) is 8.95. The molecule has 0 saturated carbocycles. The molecule has 0 bridgehead atoms. The van der Waals surface area contributed by atoms with Gasteiger partial charge in [-0.15, -0.1) is 0 Å². The van der Waals surface area contributed by atoms with Gasteiger partial charge in [0.1, 0.15) is 12.3 Å². The van der Waals surface area contributed by atoms with E-state index in [0.29, 0.717) is 33.8 Å². The molecule has 0 saturated heterocycles. The van der Waals surface area contributed by atoms with Crippen LogP contribution in [0.1, 0.15) is 0 Å². The van der Waals surface area contributed by atoms with Crippen molar-refractivity contribution in [1.82, 2.24) is 9.13 Å². The molecule has 4 aromatic carbocycles. The number of para-hydroxylation sites is 4. The van der Waals surface area contributed by atoms with Crippen molar-refractivity contribution in [3.8, 4) is 11.4 Å². The third-order valence-corrected chi connectivity index (χ3v) is 6.48. The minimum Gasteiger partial charge on any atom is -0.497 e. The van der Waals surface area contributed by atoms with Gasteiger partial charge in [0.05, 0.1) is 23.8 Å². The predicted molar refractivity (Wildman–Crippen MR) is 156 cm³/mol. The summed E-state index contributed by atoms with van der Waals surface area (Å²) in [4.78, 5) is 43.0. The molecule has 0 atom stereocenters. The fourth-order valence-corrected chi connectivity index (χ4v) is 4.34. The molecule has 1 N–H and O–H groups in total. The molecule has 9 nitrogen and oxygen atoms in total. The molecule has 5 aromatic rings. The molecule has 0 fully saturated rings. The number of hydrogen-bond acceptors (Lipinski definition) is 6. The van der Waals surface area contributed by atoms with E-state index in [1.54, 1.807) is 87.0 Å². The minimum absolute atomic E-state index is 0.321. The SMILES string of the molecule is COc1ccc(N(C)C(=O)Cn2c(=O)/c(=N\Nc3ccccc3)c(=O)n(-c3ccccc3)c3ccccc32)cc1. The number of carbonyl (C=O) groups excluding carboxylic acids is 1. The summed E-state index contributed by atoms with van der Waals surface area (Å²) < 4.78 is 7.95. The number of benzene rings is 4. The van der Waals surface area contributed by atoms with Crippen molar-refractivity contribution in [2.75, 3.05) is 24.5 Å². The number of ether oxygens (including phenoxy) is 1. The monoisotopic (exact) mass is 533 g/mol. The van der Waals surface area contributed by atoms with Gasteiger partial charge < -0.3 is 9.64 Å². The molecule has 1 heterocycles. The number of fused-ring (bicyclic) bond motifs is 1. The fraction of sp³-hybridized carbons (Fsp3) is 0.0968. The lowest BCUT2D eigenvalue weighted by Crippen LogP contribution is -2.46. The van der Waals surface area contributed by atoms with Crippen LogP contribution in [-0.2, 0) is 11.3 Å². The first-order valence-electron chi connectivity index (χ1n) is 12.6. The van der Waals surface area contributed by atoms with Gasteiger partial charge in [-0.25, -0.2) is 0 Å². The lowest BCUT2D eigenvalue weighted by atomic mass is 10.2. The van der Waals surface area contributed by atoms with Crippen molar-refractivity contribution in [3.63, 3.8) is 0 Å². The predicted octanol–water partition coefficient (Wildman–Crippen LogP) is 3.75. The van der Waals surface area contributed by atoms with E-state index in [9.17, 15) is 14.4 Å². The maximum absolute atomic E-state index is 14.0. The molecular formula is C31H27N5O4. The number of anilines is 2. The minimum atomic E-state index is -0.698. The first kappa shape index (κ1) is 26.2. The number of nitrogens with one attached hydrogen (secondary N) is 1. The number of amides is 1. The van der Waals surface area contributed by atoms with Gasteiger partial charge in [-0.05, 0) is 60.7 Å². The summed E-state index contributed by atoms with van der Waals surface area (Å²) in [6.07, 6.45) is 0. The highest BCUT2D eigenvalue weighted by Crippen LogP contribution is 2.19. The number of methoxy groups -OCH3 is 1. The summed E-state index contributed by atoms with van der Waals surface area (Å²) in [6.45, 7) is -0.321. The van der Waals surface area contributed by atoms with Crippen LogP contribution >= 0.6 is 0 Å². The molecule has 1 amide bonds. The molecule has 200 valence electrons. The molecule has 0 spiro atoms. The van der Waals surface area contributed by atoms with E-state index in [-0.39, 0.29) is 17.8 Å². The highest BCUT2D eigenvalue weighted by atomic mass is 16.5. The molecule has 5 rings (SSSR count). The molecule has 0 aliphatic heterocycles. The Kier molecular flexibility index (Phi) is 7.54. The van der Waals surface area contributed by atoms with Crippen molar-refractivity contribution < 1.29 is 9.53 Å². The largest absolute Gasteiger partial charge is 0.497 e. The summed E-state index contributed by atoms with van der Waals surface area (Å²) in [5.41, 5.74) is 4.16. The highest BCUT2D eigenvalue weighted by molar-refractivity contribution is 5.93. The number of likely N-dealkylation sites (N-methyl/N-ethyl adjacent to an activating group) is 1. The molecule has 1 aromatic heterocycles. The van der Waals surface area contributed by atoms with Crippen molar-refractivity contribution in [1.29, 1.82) is 0 Å². The smallest absolute Gasteiger partial charge is 0.289 e. The first-order chi connectivity index (χ1) is 19.5. The molecule has 0 aliphatic rings. The molecule has 9 heteroatoms. The van der Waals surface area contributed by atoms with E-state index in [1.165, 1.54) is 14.0 Å². The third-order valence-electron chi connectivity index (χ3n) is 6.48. The van der Waals surface area contributed by atoms with Crippen LogP contribution in [0.2, 0.25) is 0 Å². The summed E-state index contributed by atoms with van der Waals surface area (Å²) in [5.74, 6) is 0.303. The zero-order chi connectivity index (χ0) is 28.1. The number of aromatic nitrogens is 2. The zero-order valence-corrected chi connectivity index (χ0v) is 22.0. The first-order valence-corrected chi connectivity index (χ1v) is 12.6. The van der Waals surface area contributed by atoms with Gasteiger partial charge in [-0.3, -0.25) is 28.9 Å². The van der Waals surface area contributed by atoms with Crippen molar-refractivity contribution >= 4 is 28.3 Å². The Morgan fingerprint density at radius 2 is 1.40 bits per heavy atom. The summed E-state index contributed by atoms with van der Waals surface area (Å²) in [6, 6.07) is 32.0. The Morgan fingerprint density at radius 3 is 2.05 bits per heavy atom.